The van der Waals surface area contributed by atoms with Crippen molar-refractivity contribution in [2.24, 2.45) is 0 Å². The molecule has 0 aliphatic carbocycles. The van der Waals surface area contributed by atoms with Crippen molar-refractivity contribution in [1.82, 2.24) is 0 Å². The zero-order valence-corrected chi connectivity index (χ0v) is 14.4. The van der Waals surface area contributed by atoms with Gasteiger partial charge in [-0.25, -0.2) is 0 Å². The molecular weight excluding hydrogens is 298 g/mol. The van der Waals surface area contributed by atoms with Crippen LogP contribution in [0.5, 0.6) is 0 Å². The maximum atomic E-state index is 12.4. The number of benzene rings is 2. The van der Waals surface area contributed by atoms with Gasteiger partial charge in [0, 0.05) is 17.6 Å². The smallest absolute Gasteiger partial charge is 0.267 e. The van der Waals surface area contributed by atoms with Crippen molar-refractivity contribution < 1.29 is 4.79 Å². The molecular formula is C20H21N3O. The third-order valence-electron chi connectivity index (χ3n) is 4.06. The van der Waals surface area contributed by atoms with E-state index in [4.69, 9.17) is 0 Å². The number of anilines is 2. The quantitative estimate of drug-likeness (QED) is 0.649. The summed E-state index contributed by atoms with van der Waals surface area (Å²) in [6.45, 7) is 7.88. The van der Waals surface area contributed by atoms with Crippen LogP contribution in [0, 0.1) is 39.0 Å². The van der Waals surface area contributed by atoms with E-state index in [1.165, 1.54) is 6.20 Å². The highest BCUT2D eigenvalue weighted by atomic mass is 16.1. The van der Waals surface area contributed by atoms with E-state index in [2.05, 4.69) is 10.6 Å². The van der Waals surface area contributed by atoms with Crippen molar-refractivity contribution in [3.05, 3.63) is 70.4 Å². The average molecular weight is 319 g/mol. The molecule has 4 nitrogen and oxygen atoms in total. The van der Waals surface area contributed by atoms with Gasteiger partial charge in [-0.05, 0) is 56.0 Å². The minimum atomic E-state index is -0.426. The summed E-state index contributed by atoms with van der Waals surface area (Å²) in [5.74, 6) is -0.426. The monoisotopic (exact) mass is 319 g/mol. The summed E-state index contributed by atoms with van der Waals surface area (Å²) >= 11 is 0. The van der Waals surface area contributed by atoms with Gasteiger partial charge in [-0.15, -0.1) is 0 Å². The van der Waals surface area contributed by atoms with Crippen LogP contribution in [0.4, 0.5) is 11.4 Å². The summed E-state index contributed by atoms with van der Waals surface area (Å²) in [7, 11) is 0. The molecule has 4 heteroatoms. The Morgan fingerprint density at radius 1 is 1.00 bits per heavy atom. The Morgan fingerprint density at radius 2 is 1.58 bits per heavy atom. The van der Waals surface area contributed by atoms with E-state index in [9.17, 15) is 10.1 Å². The van der Waals surface area contributed by atoms with Crippen molar-refractivity contribution in [2.75, 3.05) is 10.6 Å². The number of hydrogen-bond acceptors (Lipinski definition) is 3. The van der Waals surface area contributed by atoms with Gasteiger partial charge in [0.05, 0.1) is 0 Å². The van der Waals surface area contributed by atoms with Gasteiger partial charge in [-0.2, -0.15) is 5.26 Å². The molecule has 0 heterocycles. The van der Waals surface area contributed by atoms with Crippen molar-refractivity contribution >= 4 is 17.3 Å². The number of nitriles is 1. The van der Waals surface area contributed by atoms with Crippen LogP contribution in [-0.2, 0) is 4.79 Å². The number of para-hydroxylation sites is 1. The average Bonchev–Trinajstić information content (AvgIpc) is 2.54. The van der Waals surface area contributed by atoms with E-state index >= 15 is 0 Å². The fourth-order valence-electron chi connectivity index (χ4n) is 2.41. The SMILES string of the molecule is Cc1cccc(NC(=O)/C(C#N)=C\Nc2c(C)cccc2C)c1C. The first-order chi connectivity index (χ1) is 11.4. The highest BCUT2D eigenvalue weighted by molar-refractivity contribution is 6.07. The van der Waals surface area contributed by atoms with Gasteiger partial charge < -0.3 is 10.6 Å². The lowest BCUT2D eigenvalue weighted by atomic mass is 10.1. The van der Waals surface area contributed by atoms with Crippen LogP contribution in [0.1, 0.15) is 22.3 Å². The molecule has 0 aromatic heterocycles. The molecule has 2 aromatic rings. The molecule has 122 valence electrons. The molecule has 24 heavy (non-hydrogen) atoms. The predicted molar refractivity (Wildman–Crippen MR) is 97.8 cm³/mol. The van der Waals surface area contributed by atoms with E-state index in [1.807, 2.05) is 70.2 Å². The minimum Gasteiger partial charge on any atom is -0.360 e. The second kappa shape index (κ2) is 7.47. The number of nitrogens with one attached hydrogen (secondary N) is 2. The molecule has 2 N–H and O–H groups in total. The van der Waals surface area contributed by atoms with Gasteiger partial charge in [0.15, 0.2) is 0 Å². The molecule has 0 atom stereocenters. The Kier molecular flexibility index (Phi) is 5.39. The fraction of sp³-hybridized carbons (Fsp3) is 0.200. The maximum Gasteiger partial charge on any atom is 0.267 e. The Hall–Kier alpha value is -3.06. The summed E-state index contributed by atoms with van der Waals surface area (Å²) in [4.78, 5) is 12.4. The van der Waals surface area contributed by atoms with Crippen LogP contribution in [0.3, 0.4) is 0 Å². The fourth-order valence-corrected chi connectivity index (χ4v) is 2.41. The Labute approximate surface area is 142 Å². The van der Waals surface area contributed by atoms with Gasteiger partial charge in [0.2, 0.25) is 0 Å². The second-order valence-corrected chi connectivity index (χ2v) is 5.78. The van der Waals surface area contributed by atoms with Gasteiger partial charge in [0.25, 0.3) is 5.91 Å². The van der Waals surface area contributed by atoms with E-state index in [0.717, 1.165) is 27.9 Å². The number of hydrogen-bond donors (Lipinski definition) is 2. The van der Waals surface area contributed by atoms with Crippen LogP contribution >= 0.6 is 0 Å². The number of amides is 1. The molecule has 0 saturated carbocycles. The van der Waals surface area contributed by atoms with Crippen molar-refractivity contribution in [1.29, 1.82) is 5.26 Å². The third kappa shape index (κ3) is 3.82. The standard InChI is InChI=1S/C20H21N3O/c1-13-7-6-10-18(16(13)4)23-20(24)17(11-21)12-22-19-14(2)8-5-9-15(19)3/h5-10,12,22H,1-4H3,(H,23,24)/b17-12-. The molecule has 0 unspecified atom stereocenters. The van der Waals surface area contributed by atoms with Crippen LogP contribution in [-0.4, -0.2) is 5.91 Å². The number of carbonyl (C=O) groups is 1. The predicted octanol–water partition coefficient (Wildman–Crippen LogP) is 4.38. The Bertz CT molecular complexity index is 824. The van der Waals surface area contributed by atoms with Gasteiger partial charge >= 0.3 is 0 Å². The molecule has 0 fully saturated rings. The van der Waals surface area contributed by atoms with Crippen LogP contribution < -0.4 is 10.6 Å². The summed E-state index contributed by atoms with van der Waals surface area (Å²) in [5.41, 5.74) is 5.84. The number of rotatable bonds is 4. The summed E-state index contributed by atoms with van der Waals surface area (Å²) in [5, 5.41) is 15.2. The second-order valence-electron chi connectivity index (χ2n) is 5.78. The largest absolute Gasteiger partial charge is 0.360 e. The molecule has 2 rings (SSSR count). The normalized spacial score (nSPS) is 10.9. The number of carbonyl (C=O) groups excluding carboxylic acids is 1. The summed E-state index contributed by atoms with van der Waals surface area (Å²) < 4.78 is 0. The van der Waals surface area contributed by atoms with E-state index in [0.29, 0.717) is 5.69 Å². The molecule has 0 spiro atoms. The van der Waals surface area contributed by atoms with Crippen molar-refractivity contribution in [2.45, 2.75) is 27.7 Å². The molecule has 2 aromatic carbocycles. The summed E-state index contributed by atoms with van der Waals surface area (Å²) in [6.07, 6.45) is 1.45. The zero-order valence-electron chi connectivity index (χ0n) is 14.4. The van der Waals surface area contributed by atoms with Crippen LogP contribution in [0.15, 0.2) is 48.2 Å². The highest BCUT2D eigenvalue weighted by Crippen LogP contribution is 2.21. The Morgan fingerprint density at radius 3 is 2.21 bits per heavy atom. The first-order valence-electron chi connectivity index (χ1n) is 7.74. The molecule has 0 aliphatic heterocycles. The molecule has 1 amide bonds. The molecule has 0 bridgehead atoms. The van der Waals surface area contributed by atoms with Crippen molar-refractivity contribution in [3.8, 4) is 6.07 Å². The van der Waals surface area contributed by atoms with Crippen LogP contribution in [0.25, 0.3) is 0 Å². The minimum absolute atomic E-state index is 0.0264. The van der Waals surface area contributed by atoms with Gasteiger partial charge in [0.1, 0.15) is 11.6 Å². The lowest BCUT2D eigenvalue weighted by Gasteiger charge is -2.11. The van der Waals surface area contributed by atoms with E-state index in [-0.39, 0.29) is 5.57 Å². The van der Waals surface area contributed by atoms with Gasteiger partial charge in [-0.1, -0.05) is 30.3 Å². The molecule has 0 radical (unpaired) electrons. The van der Waals surface area contributed by atoms with Crippen molar-refractivity contribution in [3.63, 3.8) is 0 Å². The lowest BCUT2D eigenvalue weighted by molar-refractivity contribution is -0.112. The third-order valence-corrected chi connectivity index (χ3v) is 4.06. The van der Waals surface area contributed by atoms with Crippen LogP contribution in [0.2, 0.25) is 0 Å². The topological polar surface area (TPSA) is 64.9 Å². The molecule has 0 saturated heterocycles. The zero-order chi connectivity index (χ0) is 17.7. The Balaban J connectivity index is 2.20. The maximum absolute atomic E-state index is 12.4. The van der Waals surface area contributed by atoms with Gasteiger partial charge in [-0.3, -0.25) is 4.79 Å². The number of nitrogens with zero attached hydrogens (tertiary/aromatic N) is 1. The first-order valence-corrected chi connectivity index (χ1v) is 7.74. The molecule has 0 aliphatic rings. The number of aryl methyl sites for hydroxylation is 3. The summed E-state index contributed by atoms with van der Waals surface area (Å²) in [6, 6.07) is 13.6. The van der Waals surface area contributed by atoms with E-state index in [1.54, 1.807) is 0 Å². The first kappa shape index (κ1) is 17.3. The van der Waals surface area contributed by atoms with E-state index < -0.39 is 5.91 Å². The highest BCUT2D eigenvalue weighted by Gasteiger charge is 2.11. The lowest BCUT2D eigenvalue weighted by Crippen LogP contribution is -2.15.